The van der Waals surface area contributed by atoms with E-state index < -0.39 is 18.0 Å². The number of methoxy groups -OCH3 is 1. The van der Waals surface area contributed by atoms with Crippen LogP contribution in [0.5, 0.6) is 0 Å². The Bertz CT molecular complexity index is 589. The first kappa shape index (κ1) is 17.7. The maximum atomic E-state index is 12.2. The molecule has 2 N–H and O–H groups in total. The Balaban J connectivity index is 2.91. The van der Waals surface area contributed by atoms with E-state index in [1.807, 2.05) is 13.8 Å². The maximum Gasteiger partial charge on any atom is 0.355 e. The van der Waals surface area contributed by atoms with E-state index in [4.69, 9.17) is 4.74 Å². The minimum atomic E-state index is -0.931. The number of aryl methyl sites for hydroxylation is 1. The van der Waals surface area contributed by atoms with Crippen molar-refractivity contribution in [3.63, 3.8) is 0 Å². The number of aromatic amines is 1. The third kappa shape index (κ3) is 3.87. The molecule has 0 saturated carbocycles. The number of amides is 1. The van der Waals surface area contributed by atoms with Crippen LogP contribution in [0.3, 0.4) is 0 Å². The number of aromatic nitrogens is 1. The van der Waals surface area contributed by atoms with Gasteiger partial charge in [0, 0.05) is 11.7 Å². The van der Waals surface area contributed by atoms with Crippen molar-refractivity contribution in [3.05, 3.63) is 22.5 Å². The molecule has 7 nitrogen and oxygen atoms in total. The first-order valence-electron chi connectivity index (χ1n) is 6.97. The molecule has 1 heterocycles. The molecule has 122 valence electrons. The average Bonchev–Trinajstić information content (AvgIpc) is 2.72. The van der Waals surface area contributed by atoms with Gasteiger partial charge in [-0.05, 0) is 40.2 Å². The van der Waals surface area contributed by atoms with Gasteiger partial charge < -0.3 is 19.8 Å². The van der Waals surface area contributed by atoms with Gasteiger partial charge in [-0.25, -0.2) is 9.59 Å². The molecule has 0 fully saturated rings. The zero-order valence-electron chi connectivity index (χ0n) is 13.7. The molecule has 1 aromatic heterocycles. The lowest BCUT2D eigenvalue weighted by Gasteiger charge is -2.15. The molecule has 0 aliphatic heterocycles. The van der Waals surface area contributed by atoms with Crippen LogP contribution in [0.25, 0.3) is 0 Å². The van der Waals surface area contributed by atoms with E-state index >= 15 is 0 Å². The third-order valence-corrected chi connectivity index (χ3v) is 3.12. The molecule has 0 bridgehead atoms. The number of rotatable bonds is 5. The molecule has 1 atom stereocenters. The van der Waals surface area contributed by atoms with Crippen LogP contribution < -0.4 is 5.32 Å². The molecular formula is C15H22N2O5. The molecule has 0 spiro atoms. The van der Waals surface area contributed by atoms with Crippen LogP contribution >= 0.6 is 0 Å². The highest BCUT2D eigenvalue weighted by atomic mass is 16.5. The molecule has 0 saturated heterocycles. The Hall–Kier alpha value is -2.31. The Morgan fingerprint density at radius 1 is 1.09 bits per heavy atom. The monoisotopic (exact) mass is 310 g/mol. The molecule has 0 aliphatic rings. The molecule has 7 heteroatoms. The van der Waals surface area contributed by atoms with Gasteiger partial charge in [-0.3, -0.25) is 4.79 Å². The number of H-pyrrole nitrogens is 1. The molecular weight excluding hydrogens is 288 g/mol. The van der Waals surface area contributed by atoms with E-state index in [0.717, 1.165) is 0 Å². The molecule has 1 aromatic rings. The second kappa shape index (κ2) is 7.11. The number of esters is 2. The summed E-state index contributed by atoms with van der Waals surface area (Å²) in [6, 6.07) is -0.0472. The first-order valence-corrected chi connectivity index (χ1v) is 6.97. The van der Waals surface area contributed by atoms with Gasteiger partial charge in [-0.1, -0.05) is 0 Å². The van der Waals surface area contributed by atoms with Crippen molar-refractivity contribution < 1.29 is 23.9 Å². The third-order valence-electron chi connectivity index (χ3n) is 3.12. The summed E-state index contributed by atoms with van der Waals surface area (Å²) >= 11 is 0. The van der Waals surface area contributed by atoms with Crippen molar-refractivity contribution in [1.82, 2.24) is 10.3 Å². The quantitative estimate of drug-likeness (QED) is 0.803. The lowest BCUT2D eigenvalue weighted by Crippen LogP contribution is -2.39. The minimum absolute atomic E-state index is 0.0472. The second-order valence-corrected chi connectivity index (χ2v) is 5.33. The van der Waals surface area contributed by atoms with Gasteiger partial charge in [0.1, 0.15) is 5.69 Å². The van der Waals surface area contributed by atoms with Crippen molar-refractivity contribution >= 4 is 17.8 Å². The van der Waals surface area contributed by atoms with Crippen LogP contribution in [-0.4, -0.2) is 42.1 Å². The number of nitrogens with one attached hydrogen (secondary N) is 2. The van der Waals surface area contributed by atoms with Gasteiger partial charge in [0.2, 0.25) is 0 Å². The lowest BCUT2D eigenvalue weighted by atomic mass is 10.1. The molecule has 0 aliphatic carbocycles. The molecule has 1 rings (SSSR count). The number of hydrogen-bond acceptors (Lipinski definition) is 5. The zero-order chi connectivity index (χ0) is 17.0. The number of ether oxygens (including phenoxy) is 2. The fourth-order valence-electron chi connectivity index (χ4n) is 2.04. The number of carbonyl (C=O) groups is 3. The summed E-state index contributed by atoms with van der Waals surface area (Å²) in [6.07, 6.45) is -0.931. The minimum Gasteiger partial charge on any atom is -0.465 e. The van der Waals surface area contributed by atoms with Gasteiger partial charge in [-0.2, -0.15) is 0 Å². The van der Waals surface area contributed by atoms with Gasteiger partial charge in [0.25, 0.3) is 5.91 Å². The van der Waals surface area contributed by atoms with E-state index in [1.54, 1.807) is 13.8 Å². The highest BCUT2D eigenvalue weighted by Gasteiger charge is 2.26. The summed E-state index contributed by atoms with van der Waals surface area (Å²) in [5.74, 6) is -1.60. The number of hydrogen-bond donors (Lipinski definition) is 2. The SMILES string of the molecule is COC(=O)c1c(C)[nH]c(C(=O)O[C@@H](C)C(=O)NC(C)C)c1C. The van der Waals surface area contributed by atoms with Crippen LogP contribution in [0, 0.1) is 13.8 Å². The van der Waals surface area contributed by atoms with Gasteiger partial charge in [0.15, 0.2) is 6.10 Å². The Morgan fingerprint density at radius 2 is 1.68 bits per heavy atom. The predicted molar refractivity (Wildman–Crippen MR) is 79.8 cm³/mol. The van der Waals surface area contributed by atoms with Crippen molar-refractivity contribution in [2.45, 2.75) is 46.8 Å². The second-order valence-electron chi connectivity index (χ2n) is 5.33. The summed E-state index contributed by atoms with van der Waals surface area (Å²) in [5, 5.41) is 2.66. The van der Waals surface area contributed by atoms with E-state index in [-0.39, 0.29) is 17.6 Å². The van der Waals surface area contributed by atoms with E-state index in [2.05, 4.69) is 15.0 Å². The summed E-state index contributed by atoms with van der Waals surface area (Å²) in [4.78, 5) is 38.4. The zero-order valence-corrected chi connectivity index (χ0v) is 13.7. The molecule has 1 amide bonds. The maximum absolute atomic E-state index is 12.2. The van der Waals surface area contributed by atoms with Crippen LogP contribution in [0.1, 0.15) is 52.9 Å². The van der Waals surface area contributed by atoms with E-state index in [9.17, 15) is 14.4 Å². The van der Waals surface area contributed by atoms with Gasteiger partial charge >= 0.3 is 11.9 Å². The van der Waals surface area contributed by atoms with Crippen LogP contribution in [0.4, 0.5) is 0 Å². The van der Waals surface area contributed by atoms with Crippen molar-refractivity contribution in [1.29, 1.82) is 0 Å². The largest absolute Gasteiger partial charge is 0.465 e. The first-order chi connectivity index (χ1) is 10.2. The summed E-state index contributed by atoms with van der Waals surface area (Å²) < 4.78 is 9.81. The van der Waals surface area contributed by atoms with Crippen molar-refractivity contribution in [2.75, 3.05) is 7.11 Å². The number of carbonyl (C=O) groups excluding carboxylic acids is 3. The fourth-order valence-corrected chi connectivity index (χ4v) is 2.04. The summed E-state index contributed by atoms with van der Waals surface area (Å²) in [6.45, 7) is 8.39. The van der Waals surface area contributed by atoms with Gasteiger partial charge in [0.05, 0.1) is 12.7 Å². The Morgan fingerprint density at radius 3 is 2.18 bits per heavy atom. The molecule has 0 aromatic carbocycles. The van der Waals surface area contributed by atoms with Gasteiger partial charge in [-0.15, -0.1) is 0 Å². The van der Waals surface area contributed by atoms with E-state index in [1.165, 1.54) is 14.0 Å². The van der Waals surface area contributed by atoms with Crippen LogP contribution in [0.15, 0.2) is 0 Å². The molecule has 0 radical (unpaired) electrons. The Kier molecular flexibility index (Phi) is 5.73. The standard InChI is InChI=1S/C15H22N2O5/c1-7(2)16-13(18)10(5)22-15(20)12-8(3)11(9(4)17-12)14(19)21-6/h7,10,17H,1-6H3,(H,16,18)/t10-/m0/s1. The van der Waals surface area contributed by atoms with Crippen molar-refractivity contribution in [3.8, 4) is 0 Å². The Labute approximate surface area is 129 Å². The topological polar surface area (TPSA) is 97.5 Å². The van der Waals surface area contributed by atoms with Crippen molar-refractivity contribution in [2.24, 2.45) is 0 Å². The highest BCUT2D eigenvalue weighted by molar-refractivity contribution is 5.99. The summed E-state index contributed by atoms with van der Waals surface area (Å²) in [5.41, 5.74) is 1.39. The van der Waals surface area contributed by atoms with Crippen LogP contribution in [-0.2, 0) is 14.3 Å². The normalized spacial score (nSPS) is 12.0. The smallest absolute Gasteiger partial charge is 0.355 e. The van der Waals surface area contributed by atoms with Crippen LogP contribution in [0.2, 0.25) is 0 Å². The lowest BCUT2D eigenvalue weighted by molar-refractivity contribution is -0.129. The van der Waals surface area contributed by atoms with E-state index in [0.29, 0.717) is 16.8 Å². The molecule has 0 unspecified atom stereocenters. The average molecular weight is 310 g/mol. The molecule has 22 heavy (non-hydrogen) atoms. The highest BCUT2D eigenvalue weighted by Crippen LogP contribution is 2.20. The summed E-state index contributed by atoms with van der Waals surface area (Å²) in [7, 11) is 1.27. The fraction of sp³-hybridized carbons (Fsp3) is 0.533. The predicted octanol–water partition coefficient (Wildman–Crippen LogP) is 1.49.